The molecule has 0 aromatic heterocycles. The van der Waals surface area contributed by atoms with Gasteiger partial charge in [-0.1, -0.05) is 0 Å². The molecule has 1 saturated heterocycles. The van der Waals surface area contributed by atoms with E-state index >= 15 is 0 Å². The van der Waals surface area contributed by atoms with Gasteiger partial charge in [-0.25, -0.2) is 0 Å². The fourth-order valence-corrected chi connectivity index (χ4v) is 2.50. The van der Waals surface area contributed by atoms with Crippen molar-refractivity contribution >= 4 is 0 Å². The maximum absolute atomic E-state index is 3.63. The van der Waals surface area contributed by atoms with Crippen LogP contribution < -0.4 is 5.32 Å². The third-order valence-electron chi connectivity index (χ3n) is 3.62. The molecule has 1 aliphatic rings. The Morgan fingerprint density at radius 1 is 1.22 bits per heavy atom. The van der Waals surface area contributed by atoms with Crippen molar-refractivity contribution < 1.29 is 0 Å². The highest BCUT2D eigenvalue weighted by molar-refractivity contribution is 4.80. The molecule has 1 aliphatic heterocycles. The lowest BCUT2D eigenvalue weighted by Gasteiger charge is -2.23. The zero-order valence-electron chi connectivity index (χ0n) is 13.1. The second-order valence-electron chi connectivity index (χ2n) is 7.10. The lowest BCUT2D eigenvalue weighted by molar-refractivity contribution is 0.296. The van der Waals surface area contributed by atoms with Gasteiger partial charge in [0.1, 0.15) is 0 Å². The van der Waals surface area contributed by atoms with Gasteiger partial charge in [0.05, 0.1) is 0 Å². The summed E-state index contributed by atoms with van der Waals surface area (Å²) < 4.78 is 0. The molecule has 0 aromatic rings. The third-order valence-corrected chi connectivity index (χ3v) is 3.62. The van der Waals surface area contributed by atoms with E-state index in [4.69, 9.17) is 0 Å². The Morgan fingerprint density at radius 3 is 2.56 bits per heavy atom. The van der Waals surface area contributed by atoms with Crippen LogP contribution in [0.15, 0.2) is 0 Å². The molecule has 0 spiro atoms. The van der Waals surface area contributed by atoms with Gasteiger partial charge >= 0.3 is 0 Å². The van der Waals surface area contributed by atoms with Crippen LogP contribution in [-0.2, 0) is 0 Å². The van der Waals surface area contributed by atoms with Gasteiger partial charge in [-0.05, 0) is 86.2 Å². The van der Waals surface area contributed by atoms with E-state index in [1.807, 2.05) is 0 Å². The Hall–Kier alpha value is -0.120. The van der Waals surface area contributed by atoms with Crippen molar-refractivity contribution in [3.63, 3.8) is 0 Å². The molecule has 3 nitrogen and oxygen atoms in total. The van der Waals surface area contributed by atoms with Crippen LogP contribution in [0.25, 0.3) is 0 Å². The molecule has 1 unspecified atom stereocenters. The number of nitrogens with zero attached hydrogens (tertiary/aromatic N) is 2. The molecule has 1 rings (SSSR count). The van der Waals surface area contributed by atoms with E-state index in [0.717, 1.165) is 5.92 Å². The molecular weight excluding hydrogens is 222 g/mol. The van der Waals surface area contributed by atoms with Gasteiger partial charge in [0.25, 0.3) is 0 Å². The fourth-order valence-electron chi connectivity index (χ4n) is 2.50. The Labute approximate surface area is 114 Å². The first-order valence-electron chi connectivity index (χ1n) is 7.49. The molecule has 0 aliphatic carbocycles. The minimum atomic E-state index is 0.263. The van der Waals surface area contributed by atoms with Crippen molar-refractivity contribution in [1.29, 1.82) is 0 Å². The first kappa shape index (κ1) is 15.9. The van der Waals surface area contributed by atoms with E-state index in [2.05, 4.69) is 50.0 Å². The van der Waals surface area contributed by atoms with Gasteiger partial charge < -0.3 is 15.1 Å². The number of hydrogen-bond donors (Lipinski definition) is 1. The van der Waals surface area contributed by atoms with Crippen molar-refractivity contribution in [2.24, 2.45) is 5.92 Å². The van der Waals surface area contributed by atoms with Gasteiger partial charge in [-0.2, -0.15) is 0 Å². The Kier molecular flexibility index (Phi) is 6.61. The summed E-state index contributed by atoms with van der Waals surface area (Å²) in [4.78, 5) is 4.92. The summed E-state index contributed by atoms with van der Waals surface area (Å²) in [6.07, 6.45) is 4.04. The van der Waals surface area contributed by atoms with Crippen LogP contribution in [0.2, 0.25) is 0 Å². The maximum Gasteiger partial charge on any atom is 0.00966 e. The quantitative estimate of drug-likeness (QED) is 0.702. The van der Waals surface area contributed by atoms with Crippen LogP contribution in [0.4, 0.5) is 0 Å². The van der Waals surface area contributed by atoms with E-state index in [0.29, 0.717) is 0 Å². The number of rotatable bonds is 7. The molecule has 0 amide bonds. The predicted molar refractivity (Wildman–Crippen MR) is 80.1 cm³/mol. The molecule has 1 fully saturated rings. The van der Waals surface area contributed by atoms with Crippen LogP contribution in [0.1, 0.15) is 40.0 Å². The topological polar surface area (TPSA) is 18.5 Å². The normalized spacial score (nSPS) is 22.0. The van der Waals surface area contributed by atoms with Crippen molar-refractivity contribution in [3.05, 3.63) is 0 Å². The Bertz CT molecular complexity index is 220. The van der Waals surface area contributed by atoms with Crippen molar-refractivity contribution in [1.82, 2.24) is 15.1 Å². The second-order valence-corrected chi connectivity index (χ2v) is 7.10. The fraction of sp³-hybridized carbons (Fsp3) is 1.00. The van der Waals surface area contributed by atoms with Crippen LogP contribution in [0.5, 0.6) is 0 Å². The monoisotopic (exact) mass is 255 g/mol. The molecule has 0 bridgehead atoms. The first-order chi connectivity index (χ1) is 8.37. The number of hydrogen-bond acceptors (Lipinski definition) is 3. The minimum Gasteiger partial charge on any atom is -0.312 e. The summed E-state index contributed by atoms with van der Waals surface area (Å²) in [5.74, 6) is 0.859. The van der Waals surface area contributed by atoms with E-state index in [1.54, 1.807) is 0 Å². The summed E-state index contributed by atoms with van der Waals surface area (Å²) in [6.45, 7) is 13.0. The summed E-state index contributed by atoms with van der Waals surface area (Å²) in [5, 5.41) is 3.63. The highest BCUT2D eigenvalue weighted by atomic mass is 15.1. The molecule has 1 N–H and O–H groups in total. The van der Waals surface area contributed by atoms with Crippen molar-refractivity contribution in [2.75, 3.05) is 46.8 Å². The smallest absolute Gasteiger partial charge is 0.00966 e. The highest BCUT2D eigenvalue weighted by Crippen LogP contribution is 2.16. The van der Waals surface area contributed by atoms with E-state index < -0.39 is 0 Å². The second kappa shape index (κ2) is 7.46. The van der Waals surface area contributed by atoms with Gasteiger partial charge in [0.2, 0.25) is 0 Å². The summed E-state index contributed by atoms with van der Waals surface area (Å²) in [7, 11) is 4.31. The molecule has 1 heterocycles. The van der Waals surface area contributed by atoms with Gasteiger partial charge in [0.15, 0.2) is 0 Å². The zero-order valence-corrected chi connectivity index (χ0v) is 13.1. The highest BCUT2D eigenvalue weighted by Gasteiger charge is 2.23. The van der Waals surface area contributed by atoms with Gasteiger partial charge in [-0.15, -0.1) is 0 Å². The average molecular weight is 255 g/mol. The molecule has 0 aromatic carbocycles. The number of unbranched alkanes of at least 4 members (excludes halogenated alkanes) is 1. The first-order valence-corrected chi connectivity index (χ1v) is 7.49. The maximum atomic E-state index is 3.63. The largest absolute Gasteiger partial charge is 0.312 e. The molecule has 0 saturated carbocycles. The zero-order chi connectivity index (χ0) is 13.6. The van der Waals surface area contributed by atoms with Gasteiger partial charge in [0, 0.05) is 12.1 Å². The number of nitrogens with one attached hydrogen (secondary N) is 1. The van der Waals surface area contributed by atoms with E-state index in [9.17, 15) is 0 Å². The third kappa shape index (κ3) is 7.34. The Balaban J connectivity index is 2.06. The van der Waals surface area contributed by atoms with Crippen LogP contribution in [-0.4, -0.2) is 62.2 Å². The minimum absolute atomic E-state index is 0.263. The molecule has 18 heavy (non-hydrogen) atoms. The van der Waals surface area contributed by atoms with E-state index in [1.165, 1.54) is 52.0 Å². The van der Waals surface area contributed by atoms with Crippen LogP contribution in [0, 0.1) is 5.92 Å². The Morgan fingerprint density at radius 2 is 1.94 bits per heavy atom. The standard InChI is InChI=1S/C15H33N3/c1-15(2,3)16-12-14-8-11-18(13-14)10-7-6-9-17(4)5/h14,16H,6-13H2,1-5H3. The predicted octanol–water partition coefficient (Wildman–Crippen LogP) is 2.04. The molecule has 1 atom stereocenters. The SMILES string of the molecule is CN(C)CCCCN1CCC(CNC(C)(C)C)C1. The van der Waals surface area contributed by atoms with Crippen molar-refractivity contribution in [3.8, 4) is 0 Å². The van der Waals surface area contributed by atoms with Crippen LogP contribution in [0.3, 0.4) is 0 Å². The lowest BCUT2D eigenvalue weighted by atomic mass is 10.1. The lowest BCUT2D eigenvalue weighted by Crippen LogP contribution is -2.39. The molecule has 3 heteroatoms. The molecule has 0 radical (unpaired) electrons. The molecule has 108 valence electrons. The summed E-state index contributed by atoms with van der Waals surface area (Å²) in [5.41, 5.74) is 0.263. The molecular formula is C15H33N3. The average Bonchev–Trinajstić information content (AvgIpc) is 2.68. The van der Waals surface area contributed by atoms with Crippen LogP contribution >= 0.6 is 0 Å². The summed E-state index contributed by atoms with van der Waals surface area (Å²) in [6, 6.07) is 0. The van der Waals surface area contributed by atoms with Gasteiger partial charge in [-0.3, -0.25) is 0 Å². The van der Waals surface area contributed by atoms with Crippen molar-refractivity contribution in [2.45, 2.75) is 45.6 Å². The van der Waals surface area contributed by atoms with E-state index in [-0.39, 0.29) is 5.54 Å². The summed E-state index contributed by atoms with van der Waals surface area (Å²) >= 11 is 0. The number of likely N-dealkylation sites (tertiary alicyclic amines) is 1.